The zero-order valence-corrected chi connectivity index (χ0v) is 15.6. The molecule has 1 aliphatic heterocycles. The molecule has 0 aromatic carbocycles. The monoisotopic (exact) mass is 394 g/mol. The van der Waals surface area contributed by atoms with E-state index >= 15 is 0 Å². The lowest BCUT2D eigenvalue weighted by atomic mass is 10.1. The molecule has 0 saturated carbocycles. The van der Waals surface area contributed by atoms with Crippen LogP contribution in [-0.4, -0.2) is 44.3 Å². The maximum atomic E-state index is 13.2. The van der Waals surface area contributed by atoms with Gasteiger partial charge in [0.2, 0.25) is 0 Å². The van der Waals surface area contributed by atoms with Gasteiger partial charge in [0.25, 0.3) is 5.82 Å². The molecule has 1 saturated heterocycles. The quantitative estimate of drug-likeness (QED) is 0.713. The summed E-state index contributed by atoms with van der Waals surface area (Å²) in [7, 11) is 0. The number of aromatic nitrogens is 4. The molecule has 3 aromatic heterocycles. The number of alkyl halides is 3. The molecule has 3 aromatic rings. The fourth-order valence-electron chi connectivity index (χ4n) is 3.61. The number of fused-ring (bicyclic) bond motifs is 1. The van der Waals surface area contributed by atoms with E-state index in [2.05, 4.69) is 25.5 Å². The Bertz CT molecular complexity index is 960. The Kier molecular flexibility index (Phi) is 4.74. The molecule has 150 valence electrons. The first-order valence-electron chi connectivity index (χ1n) is 9.17. The molecular formula is C18H21F3N6O. The fourth-order valence-corrected chi connectivity index (χ4v) is 3.61. The molecule has 0 bridgehead atoms. The molecule has 0 spiro atoms. The predicted octanol–water partition coefficient (Wildman–Crippen LogP) is 3.60. The summed E-state index contributed by atoms with van der Waals surface area (Å²) in [4.78, 5) is 2.31. The van der Waals surface area contributed by atoms with Crippen LogP contribution in [-0.2, 0) is 6.18 Å². The van der Waals surface area contributed by atoms with Crippen molar-refractivity contribution in [2.75, 3.05) is 25.0 Å². The van der Waals surface area contributed by atoms with Gasteiger partial charge in [0.15, 0.2) is 5.65 Å². The van der Waals surface area contributed by atoms with Crippen molar-refractivity contribution < 1.29 is 17.6 Å². The summed E-state index contributed by atoms with van der Waals surface area (Å²) in [6.07, 6.45) is -0.757. The number of hydrogen-bond acceptors (Lipinski definition) is 6. The van der Waals surface area contributed by atoms with Crippen molar-refractivity contribution in [3.05, 3.63) is 41.1 Å². The van der Waals surface area contributed by atoms with Gasteiger partial charge < -0.3 is 9.73 Å². The maximum Gasteiger partial charge on any atom is 0.453 e. The number of hydrogen-bond donors (Lipinski definition) is 1. The van der Waals surface area contributed by atoms with Crippen LogP contribution in [0.3, 0.4) is 0 Å². The van der Waals surface area contributed by atoms with E-state index in [1.807, 2.05) is 19.1 Å². The molecule has 1 unspecified atom stereocenters. The van der Waals surface area contributed by atoms with E-state index in [1.54, 1.807) is 13.2 Å². The van der Waals surface area contributed by atoms with Gasteiger partial charge in [0.1, 0.15) is 11.6 Å². The molecule has 0 radical (unpaired) electrons. The first-order chi connectivity index (χ1) is 13.4. The molecule has 1 atom stereocenters. The Morgan fingerprint density at radius 2 is 1.93 bits per heavy atom. The maximum absolute atomic E-state index is 13.2. The Balaban J connectivity index is 1.65. The number of nitrogens with zero attached hydrogens (tertiary/aromatic N) is 5. The zero-order chi connectivity index (χ0) is 19.9. The minimum Gasteiger partial charge on any atom is -0.468 e. The van der Waals surface area contributed by atoms with Crippen LogP contribution in [0.5, 0.6) is 0 Å². The van der Waals surface area contributed by atoms with Crippen LogP contribution in [0.25, 0.3) is 5.65 Å². The largest absolute Gasteiger partial charge is 0.468 e. The van der Waals surface area contributed by atoms with Gasteiger partial charge in [-0.1, -0.05) is 0 Å². The van der Waals surface area contributed by atoms with Gasteiger partial charge in [0.05, 0.1) is 12.3 Å². The smallest absolute Gasteiger partial charge is 0.453 e. The fraction of sp³-hybridized carbons (Fsp3) is 0.500. The van der Waals surface area contributed by atoms with Crippen molar-refractivity contribution in [1.82, 2.24) is 24.7 Å². The minimum atomic E-state index is -4.63. The number of furan rings is 1. The first-order valence-corrected chi connectivity index (χ1v) is 9.17. The van der Waals surface area contributed by atoms with Crippen LogP contribution in [0.1, 0.15) is 41.6 Å². The van der Waals surface area contributed by atoms with E-state index < -0.39 is 12.0 Å². The first kappa shape index (κ1) is 18.7. The van der Waals surface area contributed by atoms with E-state index in [9.17, 15) is 13.2 Å². The molecule has 1 fully saturated rings. The number of halogens is 3. The Labute approximate surface area is 159 Å². The summed E-state index contributed by atoms with van der Waals surface area (Å²) in [6.45, 7) is 5.92. The Morgan fingerprint density at radius 3 is 2.57 bits per heavy atom. The lowest BCUT2D eigenvalue weighted by molar-refractivity contribution is -0.146. The molecule has 1 aliphatic rings. The summed E-state index contributed by atoms with van der Waals surface area (Å²) in [5, 5.41) is 14.3. The van der Waals surface area contributed by atoms with Crippen molar-refractivity contribution in [1.29, 1.82) is 0 Å². The van der Waals surface area contributed by atoms with E-state index in [0.717, 1.165) is 41.8 Å². The average Bonchev–Trinajstić information content (AvgIpc) is 3.39. The van der Waals surface area contributed by atoms with Gasteiger partial charge in [-0.3, -0.25) is 4.90 Å². The van der Waals surface area contributed by atoms with Crippen molar-refractivity contribution in [3.8, 4) is 0 Å². The number of aryl methyl sites for hydroxylation is 1. The summed E-state index contributed by atoms with van der Waals surface area (Å²) in [5.41, 5.74) is 1.46. The van der Waals surface area contributed by atoms with E-state index in [1.165, 1.54) is 0 Å². The van der Waals surface area contributed by atoms with Gasteiger partial charge in [0, 0.05) is 12.1 Å². The lowest BCUT2D eigenvalue weighted by Crippen LogP contribution is -2.31. The lowest BCUT2D eigenvalue weighted by Gasteiger charge is -2.26. The normalized spacial score (nSPS) is 16.8. The predicted molar refractivity (Wildman–Crippen MR) is 96.0 cm³/mol. The third-order valence-corrected chi connectivity index (χ3v) is 5.26. The summed E-state index contributed by atoms with van der Waals surface area (Å²) >= 11 is 0. The second-order valence-electron chi connectivity index (χ2n) is 7.01. The second-order valence-corrected chi connectivity index (χ2v) is 7.01. The SMILES string of the molecule is Cc1c(NCC(c2ccco2)N2CCCC2)nn2c(C(F)(F)F)nnc2c1C. The summed E-state index contributed by atoms with van der Waals surface area (Å²) in [6, 6.07) is 3.74. The zero-order valence-electron chi connectivity index (χ0n) is 15.6. The number of nitrogens with one attached hydrogen (secondary N) is 1. The van der Waals surface area contributed by atoms with Crippen LogP contribution < -0.4 is 5.32 Å². The Hall–Kier alpha value is -2.62. The Morgan fingerprint density at radius 1 is 1.18 bits per heavy atom. The van der Waals surface area contributed by atoms with Gasteiger partial charge >= 0.3 is 6.18 Å². The van der Waals surface area contributed by atoms with Gasteiger partial charge in [-0.25, -0.2) is 0 Å². The highest BCUT2D eigenvalue weighted by molar-refractivity contribution is 5.58. The van der Waals surface area contributed by atoms with Crippen molar-refractivity contribution in [2.45, 2.75) is 38.9 Å². The molecule has 4 heterocycles. The van der Waals surface area contributed by atoms with Crippen LogP contribution in [0, 0.1) is 13.8 Å². The molecule has 28 heavy (non-hydrogen) atoms. The molecule has 10 heteroatoms. The molecule has 0 aliphatic carbocycles. The van der Waals surface area contributed by atoms with Gasteiger partial charge in [-0.05, 0) is 57.5 Å². The van der Waals surface area contributed by atoms with Crippen LogP contribution in [0.15, 0.2) is 22.8 Å². The average molecular weight is 394 g/mol. The van der Waals surface area contributed by atoms with Crippen LogP contribution in [0.4, 0.5) is 19.0 Å². The third kappa shape index (κ3) is 3.32. The standard InChI is InChI=1S/C18H21F3N6O/c1-11-12(2)16-23-24-17(18(19,20)21)27(16)25-15(11)22-10-13(14-6-5-9-28-14)26-7-3-4-8-26/h5-6,9,13H,3-4,7-8,10H2,1-2H3,(H,22,25). The molecule has 7 nitrogen and oxygen atoms in total. The van der Waals surface area contributed by atoms with Crippen molar-refractivity contribution in [3.63, 3.8) is 0 Å². The van der Waals surface area contributed by atoms with E-state index in [0.29, 0.717) is 17.9 Å². The van der Waals surface area contributed by atoms with Gasteiger partial charge in [-0.2, -0.15) is 17.7 Å². The minimum absolute atomic E-state index is 0.0160. The van der Waals surface area contributed by atoms with Gasteiger partial charge in [-0.15, -0.1) is 15.3 Å². The second kappa shape index (κ2) is 7.08. The number of anilines is 1. The van der Waals surface area contributed by atoms with Crippen molar-refractivity contribution >= 4 is 11.5 Å². The van der Waals surface area contributed by atoms with E-state index in [-0.39, 0.29) is 11.7 Å². The highest BCUT2D eigenvalue weighted by Crippen LogP contribution is 2.30. The molecule has 4 rings (SSSR count). The van der Waals surface area contributed by atoms with Crippen LogP contribution >= 0.6 is 0 Å². The van der Waals surface area contributed by atoms with Crippen LogP contribution in [0.2, 0.25) is 0 Å². The molecule has 1 N–H and O–H groups in total. The molecule has 0 amide bonds. The van der Waals surface area contributed by atoms with E-state index in [4.69, 9.17) is 4.42 Å². The highest BCUT2D eigenvalue weighted by Gasteiger charge is 2.38. The highest BCUT2D eigenvalue weighted by atomic mass is 19.4. The summed E-state index contributed by atoms with van der Waals surface area (Å²) in [5.74, 6) is 0.0759. The number of likely N-dealkylation sites (tertiary alicyclic amines) is 1. The number of rotatable bonds is 5. The van der Waals surface area contributed by atoms with Crippen molar-refractivity contribution in [2.24, 2.45) is 0 Å². The third-order valence-electron chi connectivity index (χ3n) is 5.26. The summed E-state index contributed by atoms with van der Waals surface area (Å²) < 4.78 is 46.0. The topological polar surface area (TPSA) is 71.5 Å². The molecular weight excluding hydrogens is 373 g/mol.